The first-order valence-electron chi connectivity index (χ1n) is 4.91. The number of nitrogens with zero attached hydrogens (tertiary/aromatic N) is 2. The maximum absolute atomic E-state index is 11.2. The molecule has 0 N–H and O–H groups in total. The second-order valence-electron chi connectivity index (χ2n) is 2.81. The molecule has 0 aliphatic carbocycles. The van der Waals surface area contributed by atoms with Gasteiger partial charge in [0.25, 0.3) is 0 Å². The molecule has 0 aromatic carbocycles. The van der Waals surface area contributed by atoms with Gasteiger partial charge in [-0.3, -0.25) is 4.79 Å². The van der Waals surface area contributed by atoms with Crippen molar-refractivity contribution in [1.29, 1.82) is 0 Å². The molecule has 0 radical (unpaired) electrons. The third kappa shape index (κ3) is 5.65. The van der Waals surface area contributed by atoms with Crippen LogP contribution in [0.4, 0.5) is 4.79 Å². The smallest absolute Gasteiger partial charge is 0.452 e. The molecule has 7 heteroatoms. The number of azo groups is 1. The Labute approximate surface area is 99.0 Å². The highest BCUT2D eigenvalue weighted by Gasteiger charge is 2.23. The molecule has 0 rings (SSSR count). The fourth-order valence-corrected chi connectivity index (χ4v) is 0.881. The minimum Gasteiger partial charge on any atom is -0.465 e. The maximum Gasteiger partial charge on any atom is 0.452 e. The van der Waals surface area contributed by atoms with Crippen LogP contribution in [0.3, 0.4) is 0 Å². The molecule has 1 amide bonds. The first-order chi connectivity index (χ1) is 7.52. The van der Waals surface area contributed by atoms with E-state index in [0.29, 0.717) is 0 Å². The van der Waals surface area contributed by atoms with Crippen LogP contribution in [0.5, 0.6) is 0 Å². The van der Waals surface area contributed by atoms with Crippen molar-refractivity contribution in [1.82, 2.24) is 0 Å². The molecule has 0 aliphatic heterocycles. The number of hydrogen-bond donors (Lipinski definition) is 0. The van der Waals surface area contributed by atoms with Crippen molar-refractivity contribution in [2.75, 3.05) is 13.2 Å². The van der Waals surface area contributed by atoms with E-state index in [1.165, 1.54) is 0 Å². The quantitative estimate of drug-likeness (QED) is 0.426. The fourth-order valence-electron chi connectivity index (χ4n) is 0.768. The maximum atomic E-state index is 11.2. The highest BCUT2D eigenvalue weighted by molar-refractivity contribution is 6.30. The van der Waals surface area contributed by atoms with Crippen LogP contribution in [0.15, 0.2) is 10.2 Å². The van der Waals surface area contributed by atoms with Crippen molar-refractivity contribution in [2.24, 2.45) is 10.2 Å². The first-order valence-corrected chi connectivity index (χ1v) is 5.34. The van der Waals surface area contributed by atoms with Crippen LogP contribution >= 0.6 is 11.6 Å². The lowest BCUT2D eigenvalue weighted by Crippen LogP contribution is -2.27. The molecule has 0 bridgehead atoms. The monoisotopic (exact) mass is 250 g/mol. The van der Waals surface area contributed by atoms with E-state index in [1.54, 1.807) is 20.8 Å². The second kappa shape index (κ2) is 8.04. The highest BCUT2D eigenvalue weighted by atomic mass is 35.5. The second-order valence-corrected chi connectivity index (χ2v) is 3.28. The van der Waals surface area contributed by atoms with Gasteiger partial charge in [0.15, 0.2) is 5.38 Å². The standard InChI is InChI=1S/C9H15ClN2O4/c1-4-15-8(13)7(10)6(3)11-12-9(14)16-5-2/h6-7H,4-5H2,1-3H3. The number of carbonyl (C=O) groups is 2. The zero-order valence-corrected chi connectivity index (χ0v) is 10.2. The van der Waals surface area contributed by atoms with Crippen LogP contribution in [0, 0.1) is 0 Å². The molecule has 2 atom stereocenters. The lowest BCUT2D eigenvalue weighted by atomic mass is 10.2. The first kappa shape index (κ1) is 14.8. The van der Waals surface area contributed by atoms with Gasteiger partial charge in [-0.2, -0.15) is 5.11 Å². The zero-order chi connectivity index (χ0) is 12.6. The van der Waals surface area contributed by atoms with Crippen molar-refractivity contribution >= 4 is 23.7 Å². The van der Waals surface area contributed by atoms with E-state index in [4.69, 9.17) is 16.3 Å². The van der Waals surface area contributed by atoms with Crippen molar-refractivity contribution in [3.63, 3.8) is 0 Å². The molecule has 6 nitrogen and oxygen atoms in total. The Bertz CT molecular complexity index is 270. The number of hydrogen-bond acceptors (Lipinski definition) is 5. The normalized spacial score (nSPS) is 14.5. The summed E-state index contributed by atoms with van der Waals surface area (Å²) in [4.78, 5) is 22.0. The average molecular weight is 251 g/mol. The van der Waals surface area contributed by atoms with E-state index in [1.807, 2.05) is 0 Å². The summed E-state index contributed by atoms with van der Waals surface area (Å²) in [5.74, 6) is -0.584. The molecule has 0 aliphatic rings. The molecule has 0 aromatic rings. The fraction of sp³-hybridized carbons (Fsp3) is 0.778. The third-order valence-corrected chi connectivity index (χ3v) is 2.07. The number of halogens is 1. The minimum absolute atomic E-state index is 0.217. The van der Waals surface area contributed by atoms with Gasteiger partial charge in [-0.05, 0) is 20.8 Å². The van der Waals surface area contributed by atoms with Crippen LogP contribution in [-0.4, -0.2) is 36.7 Å². The van der Waals surface area contributed by atoms with Gasteiger partial charge in [0, 0.05) is 0 Å². The number of amides is 1. The van der Waals surface area contributed by atoms with E-state index in [-0.39, 0.29) is 13.2 Å². The van der Waals surface area contributed by atoms with Crippen LogP contribution in [0.2, 0.25) is 0 Å². The zero-order valence-electron chi connectivity index (χ0n) is 9.47. The molecular weight excluding hydrogens is 236 g/mol. The summed E-state index contributed by atoms with van der Waals surface area (Å²) in [6.07, 6.45) is -0.804. The Morgan fingerprint density at radius 1 is 1.25 bits per heavy atom. The van der Waals surface area contributed by atoms with Gasteiger partial charge in [-0.25, -0.2) is 4.79 Å². The SMILES string of the molecule is CCOC(=O)N=NC(C)C(Cl)C(=O)OCC. The Balaban J connectivity index is 4.18. The Kier molecular flexibility index (Phi) is 7.45. The Morgan fingerprint density at radius 2 is 1.81 bits per heavy atom. The van der Waals surface area contributed by atoms with E-state index in [0.717, 1.165) is 0 Å². The molecular formula is C9H15ClN2O4. The van der Waals surface area contributed by atoms with Crippen LogP contribution < -0.4 is 0 Å². The lowest BCUT2D eigenvalue weighted by Gasteiger charge is -2.10. The van der Waals surface area contributed by atoms with Crippen LogP contribution in [0.1, 0.15) is 20.8 Å². The van der Waals surface area contributed by atoms with Gasteiger partial charge < -0.3 is 9.47 Å². The molecule has 0 saturated heterocycles. The van der Waals surface area contributed by atoms with Gasteiger partial charge in [0.05, 0.1) is 19.3 Å². The van der Waals surface area contributed by atoms with Gasteiger partial charge in [-0.15, -0.1) is 11.6 Å². The summed E-state index contributed by atoms with van der Waals surface area (Å²) in [5, 5.41) is 5.85. The minimum atomic E-state index is -0.960. The van der Waals surface area contributed by atoms with Gasteiger partial charge >= 0.3 is 12.1 Å². The molecule has 0 spiro atoms. The summed E-state index contributed by atoms with van der Waals surface area (Å²) in [7, 11) is 0. The van der Waals surface area contributed by atoms with E-state index < -0.39 is 23.5 Å². The Morgan fingerprint density at radius 3 is 2.31 bits per heavy atom. The molecule has 0 aromatic heterocycles. The molecule has 92 valence electrons. The molecule has 2 unspecified atom stereocenters. The number of rotatable bonds is 5. The largest absolute Gasteiger partial charge is 0.465 e. The summed E-state index contributed by atoms with van der Waals surface area (Å²) in [6.45, 7) is 5.33. The highest BCUT2D eigenvalue weighted by Crippen LogP contribution is 2.09. The van der Waals surface area contributed by atoms with Crippen molar-refractivity contribution < 1.29 is 19.1 Å². The predicted molar refractivity (Wildman–Crippen MR) is 57.6 cm³/mol. The van der Waals surface area contributed by atoms with Crippen LogP contribution in [-0.2, 0) is 14.3 Å². The summed E-state index contributed by atoms with van der Waals surface area (Å²) >= 11 is 5.74. The van der Waals surface area contributed by atoms with E-state index in [9.17, 15) is 9.59 Å². The summed E-state index contributed by atoms with van der Waals surface area (Å²) in [6, 6.07) is -0.648. The number of esters is 1. The van der Waals surface area contributed by atoms with Gasteiger partial charge in [0.2, 0.25) is 0 Å². The van der Waals surface area contributed by atoms with Crippen LogP contribution in [0.25, 0.3) is 0 Å². The van der Waals surface area contributed by atoms with E-state index in [2.05, 4.69) is 15.0 Å². The number of carbonyl (C=O) groups excluding carboxylic acids is 2. The number of ether oxygens (including phenoxy) is 2. The molecule has 0 heterocycles. The van der Waals surface area contributed by atoms with Gasteiger partial charge in [-0.1, -0.05) is 5.11 Å². The Hall–Kier alpha value is -1.17. The molecule has 16 heavy (non-hydrogen) atoms. The number of alkyl halides is 1. The third-order valence-electron chi connectivity index (χ3n) is 1.52. The van der Waals surface area contributed by atoms with Crippen molar-refractivity contribution in [2.45, 2.75) is 32.2 Å². The molecule has 0 saturated carbocycles. The van der Waals surface area contributed by atoms with Crippen molar-refractivity contribution in [3.8, 4) is 0 Å². The predicted octanol–water partition coefficient (Wildman–Crippen LogP) is 2.15. The van der Waals surface area contributed by atoms with Gasteiger partial charge in [0.1, 0.15) is 0 Å². The van der Waals surface area contributed by atoms with E-state index >= 15 is 0 Å². The van der Waals surface area contributed by atoms with Crippen molar-refractivity contribution in [3.05, 3.63) is 0 Å². The average Bonchev–Trinajstić information content (AvgIpc) is 2.25. The molecule has 0 fully saturated rings. The summed E-state index contributed by atoms with van der Waals surface area (Å²) in [5.41, 5.74) is 0. The topological polar surface area (TPSA) is 77.3 Å². The summed E-state index contributed by atoms with van der Waals surface area (Å²) < 4.78 is 9.21. The lowest BCUT2D eigenvalue weighted by molar-refractivity contribution is -0.142.